The molecule has 0 bridgehead atoms. The number of pyridine rings is 1. The van der Waals surface area contributed by atoms with Crippen LogP contribution in [0.2, 0.25) is 5.02 Å². The van der Waals surface area contributed by atoms with Crippen LogP contribution < -0.4 is 0 Å². The minimum atomic E-state index is -4.63. The summed E-state index contributed by atoms with van der Waals surface area (Å²) in [6.45, 7) is 4.06. The fraction of sp³-hybridized carbons (Fsp3) is 0.688. The molecule has 0 aromatic carbocycles. The molecule has 2 aliphatic rings. The highest BCUT2D eigenvalue weighted by Crippen LogP contribution is 2.33. The van der Waals surface area contributed by atoms with Gasteiger partial charge in [-0.2, -0.15) is 17.5 Å². The van der Waals surface area contributed by atoms with Gasteiger partial charge >= 0.3 is 6.18 Å². The number of halogens is 4. The Morgan fingerprint density at radius 1 is 1.19 bits per heavy atom. The summed E-state index contributed by atoms with van der Waals surface area (Å²) in [6, 6.07) is 0.600. The summed E-state index contributed by atoms with van der Waals surface area (Å²) in [5.41, 5.74) is -1.08. The standard InChI is InChI=1S/C16H21ClF3N3O3S/c17-14-9-13(16(18,19)20)10-21-15(14)27(24,25)23-5-3-22(4-6-23)11-12-1-7-26-8-2-12/h9-10,12H,1-8,11H2. The second kappa shape index (κ2) is 8.20. The Bertz CT molecular complexity index is 762. The second-order valence-corrected chi connectivity index (χ2v) is 9.03. The number of ether oxygens (including phenoxy) is 1. The van der Waals surface area contributed by atoms with E-state index in [0.29, 0.717) is 31.3 Å². The van der Waals surface area contributed by atoms with Crippen molar-refractivity contribution in [2.75, 3.05) is 45.9 Å². The molecule has 0 atom stereocenters. The first-order chi connectivity index (χ1) is 12.7. The third-order valence-electron chi connectivity index (χ3n) is 4.91. The first kappa shape index (κ1) is 20.8. The maximum atomic E-state index is 12.7. The van der Waals surface area contributed by atoms with E-state index in [9.17, 15) is 21.6 Å². The third kappa shape index (κ3) is 4.92. The van der Waals surface area contributed by atoms with E-state index in [0.717, 1.165) is 32.6 Å². The lowest BCUT2D eigenvalue weighted by atomic mass is 9.99. The van der Waals surface area contributed by atoms with Gasteiger partial charge in [-0.25, -0.2) is 13.4 Å². The lowest BCUT2D eigenvalue weighted by Crippen LogP contribution is -2.50. The molecule has 2 saturated heterocycles. The van der Waals surface area contributed by atoms with E-state index in [2.05, 4.69) is 9.88 Å². The lowest BCUT2D eigenvalue weighted by molar-refractivity contribution is -0.137. The number of aromatic nitrogens is 1. The SMILES string of the molecule is O=S(=O)(c1ncc(C(F)(F)F)cc1Cl)N1CCN(CC2CCOCC2)CC1. The molecule has 2 aliphatic heterocycles. The average Bonchev–Trinajstić information content (AvgIpc) is 2.62. The van der Waals surface area contributed by atoms with Crippen LogP contribution >= 0.6 is 11.6 Å². The van der Waals surface area contributed by atoms with Crippen molar-refractivity contribution in [2.24, 2.45) is 5.92 Å². The highest BCUT2D eigenvalue weighted by atomic mass is 35.5. The molecule has 152 valence electrons. The zero-order valence-corrected chi connectivity index (χ0v) is 16.2. The van der Waals surface area contributed by atoms with Gasteiger partial charge in [0.2, 0.25) is 0 Å². The largest absolute Gasteiger partial charge is 0.417 e. The molecule has 1 aromatic rings. The van der Waals surface area contributed by atoms with E-state index in [1.165, 1.54) is 4.31 Å². The van der Waals surface area contributed by atoms with Gasteiger partial charge in [0, 0.05) is 52.1 Å². The molecule has 0 amide bonds. The normalized spacial score (nSPS) is 21.5. The first-order valence-electron chi connectivity index (χ1n) is 8.71. The predicted octanol–water partition coefficient (Wildman–Crippen LogP) is 2.49. The van der Waals surface area contributed by atoms with Crippen LogP contribution in [0.15, 0.2) is 17.3 Å². The molecule has 3 rings (SSSR count). The molecule has 0 saturated carbocycles. The molecule has 0 aliphatic carbocycles. The Kier molecular flexibility index (Phi) is 6.31. The molecular weight excluding hydrogens is 407 g/mol. The van der Waals surface area contributed by atoms with Crippen LogP contribution in [0.4, 0.5) is 13.2 Å². The van der Waals surface area contributed by atoms with Crippen LogP contribution in [0.5, 0.6) is 0 Å². The van der Waals surface area contributed by atoms with Crippen LogP contribution in [0, 0.1) is 5.92 Å². The number of rotatable bonds is 4. The van der Waals surface area contributed by atoms with E-state index in [4.69, 9.17) is 16.3 Å². The van der Waals surface area contributed by atoms with Gasteiger partial charge < -0.3 is 9.64 Å². The Morgan fingerprint density at radius 3 is 2.37 bits per heavy atom. The van der Waals surface area contributed by atoms with Crippen molar-refractivity contribution >= 4 is 21.6 Å². The molecule has 0 spiro atoms. The van der Waals surface area contributed by atoms with Gasteiger partial charge in [-0.1, -0.05) is 11.6 Å². The smallest absolute Gasteiger partial charge is 0.381 e. The summed E-state index contributed by atoms with van der Waals surface area (Å²) in [5, 5.41) is -1.05. The lowest BCUT2D eigenvalue weighted by Gasteiger charge is -2.36. The number of hydrogen-bond acceptors (Lipinski definition) is 5. The van der Waals surface area contributed by atoms with Crippen molar-refractivity contribution in [3.8, 4) is 0 Å². The third-order valence-corrected chi connectivity index (χ3v) is 7.17. The van der Waals surface area contributed by atoms with Gasteiger partial charge in [-0.15, -0.1) is 0 Å². The Morgan fingerprint density at radius 2 is 1.81 bits per heavy atom. The molecule has 6 nitrogen and oxygen atoms in total. The van der Waals surface area contributed by atoms with Crippen LogP contribution in [-0.2, 0) is 20.9 Å². The van der Waals surface area contributed by atoms with Crippen molar-refractivity contribution in [1.29, 1.82) is 0 Å². The van der Waals surface area contributed by atoms with Crippen LogP contribution in [0.1, 0.15) is 18.4 Å². The van der Waals surface area contributed by atoms with Crippen molar-refractivity contribution < 1.29 is 26.3 Å². The van der Waals surface area contributed by atoms with Crippen molar-refractivity contribution in [2.45, 2.75) is 24.0 Å². The summed E-state index contributed by atoms with van der Waals surface area (Å²) in [5.74, 6) is 0.549. The van der Waals surface area contributed by atoms with Crippen molar-refractivity contribution in [1.82, 2.24) is 14.2 Å². The first-order valence-corrected chi connectivity index (χ1v) is 10.5. The molecular formula is C16H21ClF3N3O3S. The zero-order valence-electron chi connectivity index (χ0n) is 14.6. The second-order valence-electron chi connectivity index (χ2n) is 6.77. The van der Waals surface area contributed by atoms with Gasteiger partial charge in [-0.05, 0) is 24.8 Å². The summed E-state index contributed by atoms with van der Waals surface area (Å²) >= 11 is 5.81. The summed E-state index contributed by atoms with van der Waals surface area (Å²) < 4.78 is 70.2. The van der Waals surface area contributed by atoms with Gasteiger partial charge in [0.25, 0.3) is 10.0 Å². The number of piperazine rings is 1. The molecule has 11 heteroatoms. The molecule has 3 heterocycles. The monoisotopic (exact) mass is 427 g/mol. The minimum Gasteiger partial charge on any atom is -0.381 e. The Balaban J connectivity index is 1.64. The maximum Gasteiger partial charge on any atom is 0.417 e. The average molecular weight is 428 g/mol. The molecule has 0 N–H and O–H groups in total. The fourth-order valence-corrected chi connectivity index (χ4v) is 5.18. The maximum absolute atomic E-state index is 12.7. The van der Waals surface area contributed by atoms with E-state index < -0.39 is 31.8 Å². The molecule has 2 fully saturated rings. The number of hydrogen-bond donors (Lipinski definition) is 0. The summed E-state index contributed by atoms with van der Waals surface area (Å²) in [7, 11) is -4.04. The van der Waals surface area contributed by atoms with Crippen molar-refractivity contribution in [3.05, 3.63) is 22.8 Å². The Hall–Kier alpha value is -0.940. The predicted molar refractivity (Wildman–Crippen MR) is 93.0 cm³/mol. The summed E-state index contributed by atoms with van der Waals surface area (Å²) in [6.07, 6.45) is -2.12. The van der Waals surface area contributed by atoms with Crippen LogP contribution in [-0.4, -0.2) is 68.5 Å². The fourth-order valence-electron chi connectivity index (χ4n) is 3.34. The van der Waals surface area contributed by atoms with Gasteiger partial charge in [0.1, 0.15) is 0 Å². The van der Waals surface area contributed by atoms with Gasteiger partial charge in [-0.3, -0.25) is 0 Å². The highest BCUT2D eigenvalue weighted by molar-refractivity contribution is 7.89. The highest BCUT2D eigenvalue weighted by Gasteiger charge is 2.35. The topological polar surface area (TPSA) is 62.7 Å². The van der Waals surface area contributed by atoms with Gasteiger partial charge in [0.15, 0.2) is 5.03 Å². The van der Waals surface area contributed by atoms with E-state index in [-0.39, 0.29) is 13.1 Å². The molecule has 27 heavy (non-hydrogen) atoms. The summed E-state index contributed by atoms with van der Waals surface area (Å²) in [4.78, 5) is 5.71. The number of alkyl halides is 3. The van der Waals surface area contributed by atoms with Crippen LogP contribution in [0.3, 0.4) is 0 Å². The van der Waals surface area contributed by atoms with Crippen molar-refractivity contribution in [3.63, 3.8) is 0 Å². The minimum absolute atomic E-state index is 0.255. The zero-order chi connectivity index (χ0) is 19.7. The van der Waals surface area contributed by atoms with Gasteiger partial charge in [0.05, 0.1) is 10.6 Å². The number of nitrogens with zero attached hydrogens (tertiary/aromatic N) is 3. The molecule has 0 radical (unpaired) electrons. The quantitative estimate of drug-likeness (QED) is 0.738. The molecule has 0 unspecified atom stereocenters. The van der Waals surface area contributed by atoms with Crippen LogP contribution in [0.25, 0.3) is 0 Å². The Labute approximate surface area is 161 Å². The van der Waals surface area contributed by atoms with E-state index >= 15 is 0 Å². The molecule has 1 aromatic heterocycles. The number of sulfonamides is 1. The van der Waals surface area contributed by atoms with E-state index in [1.54, 1.807) is 0 Å². The van der Waals surface area contributed by atoms with E-state index in [1.807, 2.05) is 0 Å².